The third-order valence-electron chi connectivity index (χ3n) is 6.02. The van der Waals surface area contributed by atoms with Gasteiger partial charge in [-0.1, -0.05) is 35.9 Å². The number of para-hydroxylation sites is 1. The average molecular weight is 481 g/mol. The number of sulfonamides is 1. The smallest absolute Gasteiger partial charge is 0.264 e. The van der Waals surface area contributed by atoms with E-state index in [4.69, 9.17) is 9.47 Å². The summed E-state index contributed by atoms with van der Waals surface area (Å²) in [6.07, 6.45) is 0.721. The van der Waals surface area contributed by atoms with Crippen LogP contribution >= 0.6 is 0 Å². The number of hydrogen-bond donors (Lipinski definition) is 0. The summed E-state index contributed by atoms with van der Waals surface area (Å²) in [5.41, 5.74) is 3.08. The number of rotatable bonds is 7. The van der Waals surface area contributed by atoms with Gasteiger partial charge in [-0.05, 0) is 56.2 Å². The molecule has 178 valence electrons. The lowest BCUT2D eigenvalue weighted by Crippen LogP contribution is -2.45. The molecule has 0 aliphatic carbocycles. The molecule has 3 aromatic rings. The summed E-state index contributed by atoms with van der Waals surface area (Å²) < 4.78 is 39.5. The minimum Gasteiger partial charge on any atom is -0.497 e. The van der Waals surface area contributed by atoms with E-state index >= 15 is 0 Å². The highest BCUT2D eigenvalue weighted by atomic mass is 32.2. The maximum absolute atomic E-state index is 13.8. The van der Waals surface area contributed by atoms with Crippen LogP contribution in [0, 0.1) is 6.92 Å². The summed E-state index contributed by atoms with van der Waals surface area (Å²) in [4.78, 5) is 15.4. The monoisotopic (exact) mass is 480 g/mol. The molecule has 34 heavy (non-hydrogen) atoms. The Labute approximate surface area is 200 Å². The highest BCUT2D eigenvalue weighted by molar-refractivity contribution is 7.92. The number of anilines is 2. The number of nitrogens with zero attached hydrogens (tertiary/aromatic N) is 2. The molecule has 0 saturated heterocycles. The van der Waals surface area contributed by atoms with Crippen LogP contribution in [-0.4, -0.2) is 41.1 Å². The molecule has 7 nitrogen and oxygen atoms in total. The maximum Gasteiger partial charge on any atom is 0.264 e. The number of hydrogen-bond acceptors (Lipinski definition) is 5. The molecule has 1 amide bonds. The summed E-state index contributed by atoms with van der Waals surface area (Å²) in [6.45, 7) is 3.47. The Morgan fingerprint density at radius 2 is 1.74 bits per heavy atom. The van der Waals surface area contributed by atoms with Crippen LogP contribution in [0.1, 0.15) is 18.1 Å². The molecular formula is C26H28N2O5S. The molecule has 0 radical (unpaired) electrons. The van der Waals surface area contributed by atoms with Crippen molar-refractivity contribution in [3.63, 3.8) is 0 Å². The maximum atomic E-state index is 13.8. The molecule has 0 saturated carbocycles. The first-order chi connectivity index (χ1) is 16.3. The second-order valence-electron chi connectivity index (χ2n) is 8.31. The molecule has 0 bridgehead atoms. The van der Waals surface area contributed by atoms with Crippen LogP contribution in [-0.2, 0) is 21.2 Å². The molecule has 0 unspecified atom stereocenters. The van der Waals surface area contributed by atoms with E-state index in [0.717, 1.165) is 27.5 Å². The topological polar surface area (TPSA) is 76.2 Å². The van der Waals surface area contributed by atoms with Gasteiger partial charge in [-0.25, -0.2) is 8.42 Å². The largest absolute Gasteiger partial charge is 0.497 e. The van der Waals surface area contributed by atoms with Gasteiger partial charge in [0.15, 0.2) is 0 Å². The Hall–Kier alpha value is -3.52. The summed E-state index contributed by atoms with van der Waals surface area (Å²) >= 11 is 0. The molecule has 1 atom stereocenters. The van der Waals surface area contributed by atoms with Gasteiger partial charge >= 0.3 is 0 Å². The molecule has 0 aromatic heterocycles. The first kappa shape index (κ1) is 23.6. The Morgan fingerprint density at radius 1 is 1.03 bits per heavy atom. The number of aryl methyl sites for hydroxylation is 1. The van der Waals surface area contributed by atoms with Crippen LogP contribution in [0.15, 0.2) is 71.6 Å². The van der Waals surface area contributed by atoms with Crippen molar-refractivity contribution >= 4 is 27.3 Å². The molecule has 0 N–H and O–H groups in total. The quantitative estimate of drug-likeness (QED) is 0.507. The van der Waals surface area contributed by atoms with Crippen LogP contribution in [0.3, 0.4) is 0 Å². The van der Waals surface area contributed by atoms with Crippen molar-refractivity contribution in [3.05, 3.63) is 77.9 Å². The number of amides is 1. The minimum atomic E-state index is -4.08. The van der Waals surface area contributed by atoms with Crippen LogP contribution in [0.5, 0.6) is 11.5 Å². The third kappa shape index (κ3) is 4.33. The van der Waals surface area contributed by atoms with Crippen molar-refractivity contribution in [2.45, 2.75) is 31.2 Å². The number of carbonyl (C=O) groups excluding carboxylic acids is 1. The van der Waals surface area contributed by atoms with E-state index in [-0.39, 0.29) is 34.8 Å². The number of benzene rings is 3. The van der Waals surface area contributed by atoms with Gasteiger partial charge in [0.1, 0.15) is 18.0 Å². The first-order valence-electron chi connectivity index (χ1n) is 11.0. The average Bonchev–Trinajstić information content (AvgIpc) is 3.18. The third-order valence-corrected chi connectivity index (χ3v) is 7.79. The predicted molar refractivity (Wildman–Crippen MR) is 132 cm³/mol. The lowest BCUT2D eigenvalue weighted by Gasteiger charge is -2.29. The standard InChI is InChI=1S/C26H28N2O5S/c1-18-9-12-22(13-10-18)34(30,31)27(24-14-11-21(32-3)16-25(24)33-4)17-26(29)28-19(2)15-20-7-5-6-8-23(20)28/h5-14,16,19H,15,17H2,1-4H3/t19-/m1/s1. The number of fused-ring (bicyclic) bond motifs is 1. The van der Waals surface area contributed by atoms with E-state index in [9.17, 15) is 13.2 Å². The van der Waals surface area contributed by atoms with Crippen LogP contribution in [0.4, 0.5) is 11.4 Å². The highest BCUT2D eigenvalue weighted by Gasteiger charge is 2.35. The lowest BCUT2D eigenvalue weighted by atomic mass is 10.1. The van der Waals surface area contributed by atoms with Gasteiger partial charge in [0.05, 0.1) is 24.8 Å². The van der Waals surface area contributed by atoms with Gasteiger partial charge in [0.25, 0.3) is 10.0 Å². The molecule has 3 aromatic carbocycles. The fourth-order valence-corrected chi connectivity index (χ4v) is 5.70. The molecule has 8 heteroatoms. The number of methoxy groups -OCH3 is 2. The predicted octanol–water partition coefficient (Wildman–Crippen LogP) is 4.19. The number of ether oxygens (including phenoxy) is 2. The second-order valence-corrected chi connectivity index (χ2v) is 10.2. The first-order valence-corrected chi connectivity index (χ1v) is 12.4. The van der Waals surface area contributed by atoms with E-state index in [0.29, 0.717) is 5.75 Å². The van der Waals surface area contributed by atoms with E-state index in [1.165, 1.54) is 14.2 Å². The van der Waals surface area contributed by atoms with E-state index in [1.54, 1.807) is 47.4 Å². The van der Waals surface area contributed by atoms with Gasteiger partial charge in [0.2, 0.25) is 5.91 Å². The molecule has 4 rings (SSSR count). The highest BCUT2D eigenvalue weighted by Crippen LogP contribution is 2.37. The van der Waals surface area contributed by atoms with Crippen LogP contribution < -0.4 is 18.7 Å². The van der Waals surface area contributed by atoms with E-state index in [2.05, 4.69) is 0 Å². The lowest BCUT2D eigenvalue weighted by molar-refractivity contribution is -0.117. The summed E-state index contributed by atoms with van der Waals surface area (Å²) in [7, 11) is -1.10. The van der Waals surface area contributed by atoms with E-state index in [1.807, 2.05) is 38.1 Å². The molecule has 1 aliphatic heterocycles. The Morgan fingerprint density at radius 3 is 2.41 bits per heavy atom. The van der Waals surface area contributed by atoms with E-state index < -0.39 is 10.0 Å². The van der Waals surface area contributed by atoms with Crippen LogP contribution in [0.25, 0.3) is 0 Å². The van der Waals surface area contributed by atoms with Crippen molar-refractivity contribution in [1.29, 1.82) is 0 Å². The fourth-order valence-electron chi connectivity index (χ4n) is 4.27. The second kappa shape index (κ2) is 9.38. The van der Waals surface area contributed by atoms with Gasteiger partial charge < -0.3 is 14.4 Å². The van der Waals surface area contributed by atoms with Gasteiger partial charge in [0, 0.05) is 17.8 Å². The summed E-state index contributed by atoms with van der Waals surface area (Å²) in [5, 5.41) is 0. The van der Waals surface area contributed by atoms with Crippen molar-refractivity contribution in [2.24, 2.45) is 0 Å². The molecular weight excluding hydrogens is 452 g/mol. The molecule has 1 heterocycles. The Kier molecular flexibility index (Phi) is 6.52. The van der Waals surface area contributed by atoms with Crippen molar-refractivity contribution in [3.8, 4) is 11.5 Å². The zero-order chi connectivity index (χ0) is 24.5. The Bertz CT molecular complexity index is 1310. The zero-order valence-electron chi connectivity index (χ0n) is 19.7. The van der Waals surface area contributed by atoms with Gasteiger partial charge in [-0.3, -0.25) is 9.10 Å². The van der Waals surface area contributed by atoms with Crippen molar-refractivity contribution < 1.29 is 22.7 Å². The molecule has 0 fully saturated rings. The van der Waals surface area contributed by atoms with Crippen LogP contribution in [0.2, 0.25) is 0 Å². The Balaban J connectivity index is 1.79. The number of carbonyl (C=O) groups is 1. The van der Waals surface area contributed by atoms with Gasteiger partial charge in [-0.15, -0.1) is 0 Å². The summed E-state index contributed by atoms with van der Waals surface area (Å²) in [5.74, 6) is 0.491. The minimum absolute atomic E-state index is 0.0772. The SMILES string of the molecule is COc1ccc(N(CC(=O)N2c3ccccc3C[C@H]2C)S(=O)(=O)c2ccc(C)cc2)c(OC)c1. The fraction of sp³-hybridized carbons (Fsp3) is 0.269. The summed E-state index contributed by atoms with van der Waals surface area (Å²) in [6, 6.07) is 19.0. The molecule has 1 aliphatic rings. The molecule has 0 spiro atoms. The normalized spacial score (nSPS) is 15.1. The van der Waals surface area contributed by atoms with Crippen molar-refractivity contribution in [2.75, 3.05) is 30.0 Å². The van der Waals surface area contributed by atoms with Gasteiger partial charge in [-0.2, -0.15) is 0 Å². The van der Waals surface area contributed by atoms with Crippen molar-refractivity contribution in [1.82, 2.24) is 0 Å². The zero-order valence-corrected chi connectivity index (χ0v) is 20.5.